The molecule has 1 N–H and O–H groups in total. The van der Waals surface area contributed by atoms with Gasteiger partial charge in [-0.05, 0) is 44.9 Å². The molecule has 0 aromatic heterocycles. The maximum Gasteiger partial charge on any atom is 0.333 e. The normalized spacial score (nSPS) is 32.0. The summed E-state index contributed by atoms with van der Waals surface area (Å²) in [6.07, 6.45) is 7.34. The summed E-state index contributed by atoms with van der Waals surface area (Å²) in [5.41, 5.74) is 1.23. The standard InChI is InChI=1S/C21H27NO5/c1-11(2)21(25)27-18(13-8-9-14-15(10-13)26-14)17-16(19(23)22-20(17)24)12-6-4-3-5-7-12/h12-15,18H,1,3-10H2,2H3,(H,22,23,24). The number of hydrogen-bond donors (Lipinski definition) is 1. The van der Waals surface area contributed by atoms with Gasteiger partial charge in [-0.15, -0.1) is 0 Å². The van der Waals surface area contributed by atoms with Crippen molar-refractivity contribution in [2.45, 2.75) is 76.6 Å². The molecule has 27 heavy (non-hydrogen) atoms. The van der Waals surface area contributed by atoms with E-state index in [4.69, 9.17) is 9.47 Å². The fourth-order valence-electron chi connectivity index (χ4n) is 4.88. The fraction of sp³-hybridized carbons (Fsp3) is 0.667. The zero-order chi connectivity index (χ0) is 19.1. The Labute approximate surface area is 159 Å². The van der Waals surface area contributed by atoms with Crippen molar-refractivity contribution in [3.8, 4) is 0 Å². The van der Waals surface area contributed by atoms with Gasteiger partial charge in [0, 0.05) is 17.1 Å². The molecule has 0 spiro atoms. The number of rotatable bonds is 5. The molecule has 2 aliphatic heterocycles. The highest BCUT2D eigenvalue weighted by Gasteiger charge is 2.50. The number of fused-ring (bicyclic) bond motifs is 1. The van der Waals surface area contributed by atoms with E-state index in [2.05, 4.69) is 11.9 Å². The van der Waals surface area contributed by atoms with E-state index < -0.39 is 18.0 Å². The quantitative estimate of drug-likeness (QED) is 0.346. The second kappa shape index (κ2) is 7.23. The predicted octanol–water partition coefficient (Wildman–Crippen LogP) is 2.58. The first kappa shape index (κ1) is 18.4. The molecule has 1 saturated heterocycles. The van der Waals surface area contributed by atoms with Crippen molar-refractivity contribution in [2.75, 3.05) is 0 Å². The Morgan fingerprint density at radius 3 is 2.52 bits per heavy atom. The fourth-order valence-corrected chi connectivity index (χ4v) is 4.88. The van der Waals surface area contributed by atoms with Crippen molar-refractivity contribution in [3.05, 3.63) is 23.3 Å². The SMILES string of the molecule is C=C(C)C(=O)OC(C1=C(C2CCCCC2)C(=O)NC1=O)C1CCC2OC2C1. The molecule has 6 nitrogen and oxygen atoms in total. The van der Waals surface area contributed by atoms with Gasteiger partial charge in [0.05, 0.1) is 17.8 Å². The highest BCUT2D eigenvalue weighted by atomic mass is 16.6. The third-order valence-corrected chi connectivity index (χ3v) is 6.36. The Morgan fingerprint density at radius 1 is 1.11 bits per heavy atom. The molecular weight excluding hydrogens is 346 g/mol. The Hall–Kier alpha value is -1.95. The summed E-state index contributed by atoms with van der Waals surface area (Å²) < 4.78 is 11.4. The number of carbonyl (C=O) groups excluding carboxylic acids is 3. The third-order valence-electron chi connectivity index (χ3n) is 6.36. The Kier molecular flexibility index (Phi) is 4.93. The van der Waals surface area contributed by atoms with Crippen LogP contribution >= 0.6 is 0 Å². The van der Waals surface area contributed by atoms with E-state index in [1.165, 1.54) is 0 Å². The molecule has 4 aliphatic rings. The lowest BCUT2D eigenvalue weighted by atomic mass is 9.77. The summed E-state index contributed by atoms with van der Waals surface area (Å²) in [6, 6.07) is 0. The van der Waals surface area contributed by atoms with E-state index in [1.807, 2.05) is 0 Å². The molecule has 0 radical (unpaired) electrons. The number of nitrogens with one attached hydrogen (secondary N) is 1. The predicted molar refractivity (Wildman–Crippen MR) is 97.4 cm³/mol. The first-order chi connectivity index (χ1) is 13.0. The minimum atomic E-state index is -0.706. The monoisotopic (exact) mass is 373 g/mol. The minimum absolute atomic E-state index is 0.0118. The molecule has 2 heterocycles. The zero-order valence-corrected chi connectivity index (χ0v) is 15.8. The van der Waals surface area contributed by atoms with Gasteiger partial charge in [0.25, 0.3) is 11.8 Å². The average molecular weight is 373 g/mol. The molecule has 4 rings (SSSR count). The van der Waals surface area contributed by atoms with Gasteiger partial charge in [0.2, 0.25) is 0 Å². The second-order valence-corrected chi connectivity index (χ2v) is 8.34. The molecule has 4 atom stereocenters. The Balaban J connectivity index is 1.69. The molecule has 0 aromatic carbocycles. The van der Waals surface area contributed by atoms with Crippen LogP contribution in [0.4, 0.5) is 0 Å². The van der Waals surface area contributed by atoms with Gasteiger partial charge in [-0.2, -0.15) is 0 Å². The molecule has 0 bridgehead atoms. The first-order valence-electron chi connectivity index (χ1n) is 10.1. The number of esters is 1. The largest absolute Gasteiger partial charge is 0.454 e. The van der Waals surface area contributed by atoms with Crippen molar-refractivity contribution in [2.24, 2.45) is 11.8 Å². The summed E-state index contributed by atoms with van der Waals surface area (Å²) >= 11 is 0. The van der Waals surface area contributed by atoms with E-state index in [0.717, 1.165) is 51.4 Å². The summed E-state index contributed by atoms with van der Waals surface area (Å²) in [4.78, 5) is 37.7. The lowest BCUT2D eigenvalue weighted by Gasteiger charge is -2.30. The van der Waals surface area contributed by atoms with Gasteiger partial charge < -0.3 is 9.47 Å². The van der Waals surface area contributed by atoms with Gasteiger partial charge in [-0.25, -0.2) is 4.79 Å². The number of epoxide rings is 1. The summed E-state index contributed by atoms with van der Waals surface area (Å²) in [5, 5.41) is 2.46. The number of ether oxygens (including phenoxy) is 2. The summed E-state index contributed by atoms with van der Waals surface area (Å²) in [6.45, 7) is 5.26. The number of carbonyl (C=O) groups is 3. The molecule has 0 aromatic rings. The molecule has 6 heteroatoms. The van der Waals surface area contributed by atoms with Gasteiger partial charge in [0.1, 0.15) is 6.10 Å². The van der Waals surface area contributed by atoms with Crippen molar-refractivity contribution in [3.63, 3.8) is 0 Å². The Bertz CT molecular complexity index is 718. The molecule has 2 saturated carbocycles. The van der Waals surface area contributed by atoms with Gasteiger partial charge in [0.15, 0.2) is 0 Å². The first-order valence-corrected chi connectivity index (χ1v) is 10.1. The van der Waals surface area contributed by atoms with Gasteiger partial charge in [-0.1, -0.05) is 25.8 Å². The van der Waals surface area contributed by atoms with Crippen molar-refractivity contribution >= 4 is 17.8 Å². The molecule has 4 unspecified atom stereocenters. The highest BCUT2D eigenvalue weighted by molar-refractivity contribution is 6.20. The van der Waals surface area contributed by atoms with Crippen LogP contribution in [0.3, 0.4) is 0 Å². The van der Waals surface area contributed by atoms with Crippen LogP contribution in [0.5, 0.6) is 0 Å². The van der Waals surface area contributed by atoms with Crippen molar-refractivity contribution in [1.29, 1.82) is 0 Å². The Morgan fingerprint density at radius 2 is 1.85 bits per heavy atom. The van der Waals surface area contributed by atoms with E-state index in [0.29, 0.717) is 22.8 Å². The molecular formula is C21H27NO5. The highest BCUT2D eigenvalue weighted by Crippen LogP contribution is 2.44. The van der Waals surface area contributed by atoms with Crippen LogP contribution in [0.15, 0.2) is 23.3 Å². The van der Waals surface area contributed by atoms with Crippen LogP contribution < -0.4 is 5.32 Å². The van der Waals surface area contributed by atoms with Crippen LogP contribution in [0.2, 0.25) is 0 Å². The van der Waals surface area contributed by atoms with Crippen LogP contribution in [0.25, 0.3) is 0 Å². The summed E-state index contributed by atoms with van der Waals surface area (Å²) in [5.74, 6) is -1.17. The van der Waals surface area contributed by atoms with E-state index in [9.17, 15) is 14.4 Å². The minimum Gasteiger partial charge on any atom is -0.454 e. The van der Waals surface area contributed by atoms with E-state index in [-0.39, 0.29) is 23.8 Å². The second-order valence-electron chi connectivity index (χ2n) is 8.34. The van der Waals surface area contributed by atoms with Crippen LogP contribution in [-0.2, 0) is 23.9 Å². The number of amides is 2. The number of hydrogen-bond acceptors (Lipinski definition) is 5. The average Bonchev–Trinajstić information content (AvgIpc) is 3.37. The maximum atomic E-state index is 12.7. The van der Waals surface area contributed by atoms with Gasteiger partial charge >= 0.3 is 5.97 Å². The van der Waals surface area contributed by atoms with Crippen molar-refractivity contribution in [1.82, 2.24) is 5.32 Å². The maximum absolute atomic E-state index is 12.7. The summed E-state index contributed by atoms with van der Waals surface area (Å²) in [7, 11) is 0. The number of imide groups is 1. The third kappa shape index (κ3) is 3.59. The van der Waals surface area contributed by atoms with Crippen LogP contribution in [0.1, 0.15) is 58.3 Å². The molecule has 2 amide bonds. The van der Waals surface area contributed by atoms with E-state index in [1.54, 1.807) is 6.92 Å². The van der Waals surface area contributed by atoms with Crippen molar-refractivity contribution < 1.29 is 23.9 Å². The smallest absolute Gasteiger partial charge is 0.333 e. The lowest BCUT2D eigenvalue weighted by molar-refractivity contribution is -0.145. The molecule has 2 aliphatic carbocycles. The van der Waals surface area contributed by atoms with Gasteiger partial charge in [-0.3, -0.25) is 14.9 Å². The topological polar surface area (TPSA) is 85.0 Å². The molecule has 3 fully saturated rings. The van der Waals surface area contributed by atoms with Crippen LogP contribution in [-0.4, -0.2) is 36.1 Å². The molecule has 146 valence electrons. The zero-order valence-electron chi connectivity index (χ0n) is 15.8. The van der Waals surface area contributed by atoms with Crippen LogP contribution in [0, 0.1) is 11.8 Å². The van der Waals surface area contributed by atoms with E-state index >= 15 is 0 Å². The lowest BCUT2D eigenvalue weighted by Crippen LogP contribution is -2.36.